The largest absolute Gasteiger partial charge is 0.395 e. The van der Waals surface area contributed by atoms with Crippen molar-refractivity contribution in [2.24, 2.45) is 0 Å². The lowest BCUT2D eigenvalue weighted by atomic mass is 9.79. The molecular weight excluding hydrogens is 211 g/mol. The van der Waals surface area contributed by atoms with Crippen molar-refractivity contribution in [1.82, 2.24) is 0 Å². The van der Waals surface area contributed by atoms with Crippen LogP contribution in [-0.4, -0.2) is 37.1 Å². The van der Waals surface area contributed by atoms with E-state index in [1.807, 2.05) is 0 Å². The summed E-state index contributed by atoms with van der Waals surface area (Å²) < 4.78 is 17.7. The highest BCUT2D eigenvalue weighted by atomic mass is 19.1. The summed E-state index contributed by atoms with van der Waals surface area (Å²) in [6.07, 6.45) is 0.488. The first-order chi connectivity index (χ1) is 7.68. The predicted molar refractivity (Wildman–Crippen MR) is 58.7 cm³/mol. The van der Waals surface area contributed by atoms with Gasteiger partial charge in [-0.3, -0.25) is 0 Å². The summed E-state index contributed by atoms with van der Waals surface area (Å²) in [5, 5.41) is 18.8. The Morgan fingerprint density at radius 2 is 1.75 bits per heavy atom. The maximum absolute atomic E-state index is 12.8. The van der Waals surface area contributed by atoms with Gasteiger partial charge in [-0.1, -0.05) is 12.1 Å². The van der Waals surface area contributed by atoms with Crippen LogP contribution < -0.4 is 0 Å². The van der Waals surface area contributed by atoms with Gasteiger partial charge in [0.2, 0.25) is 0 Å². The zero-order chi connectivity index (χ0) is 12.0. The summed E-state index contributed by atoms with van der Waals surface area (Å²) in [6, 6.07) is 5.80. The lowest BCUT2D eigenvalue weighted by Gasteiger charge is -2.30. The average molecular weight is 228 g/mol. The van der Waals surface area contributed by atoms with Crippen molar-refractivity contribution in [2.45, 2.75) is 11.8 Å². The molecule has 0 spiro atoms. The molecule has 0 bridgehead atoms. The van der Waals surface area contributed by atoms with Crippen molar-refractivity contribution in [1.29, 1.82) is 0 Å². The van der Waals surface area contributed by atoms with E-state index in [2.05, 4.69) is 0 Å². The summed E-state index contributed by atoms with van der Waals surface area (Å²) in [6.45, 7) is 0.0372. The third-order valence-corrected chi connectivity index (χ3v) is 2.85. The van der Waals surface area contributed by atoms with Gasteiger partial charge in [0, 0.05) is 19.1 Å². The Labute approximate surface area is 94.5 Å². The Morgan fingerprint density at radius 3 is 2.19 bits per heavy atom. The molecule has 0 fully saturated rings. The molecule has 1 rings (SSSR count). The Kier molecular flexibility index (Phi) is 4.86. The first-order valence-corrected chi connectivity index (χ1v) is 5.15. The van der Waals surface area contributed by atoms with Crippen LogP contribution in [-0.2, 0) is 10.2 Å². The van der Waals surface area contributed by atoms with Gasteiger partial charge >= 0.3 is 0 Å². The van der Waals surface area contributed by atoms with Crippen LogP contribution in [0.15, 0.2) is 24.3 Å². The second kappa shape index (κ2) is 5.94. The highest BCUT2D eigenvalue weighted by Gasteiger charge is 2.30. The molecule has 90 valence electrons. The Balaban J connectivity index is 2.95. The zero-order valence-corrected chi connectivity index (χ0v) is 9.32. The summed E-state index contributed by atoms with van der Waals surface area (Å²) in [5.41, 5.74) is -0.0417. The Hall–Kier alpha value is -0.970. The standard InChI is InChI=1S/C12H17FO3/c1-16-7-6-12(8-14,9-15)10-2-4-11(13)5-3-10/h2-5,14-15H,6-9H2,1H3. The molecule has 0 atom stereocenters. The van der Waals surface area contributed by atoms with Gasteiger partial charge in [-0.25, -0.2) is 4.39 Å². The first-order valence-electron chi connectivity index (χ1n) is 5.15. The van der Waals surface area contributed by atoms with E-state index in [0.717, 1.165) is 5.56 Å². The van der Waals surface area contributed by atoms with E-state index >= 15 is 0 Å². The van der Waals surface area contributed by atoms with Crippen LogP contribution >= 0.6 is 0 Å². The smallest absolute Gasteiger partial charge is 0.123 e. The van der Waals surface area contributed by atoms with Crippen LogP contribution in [0, 0.1) is 5.82 Å². The molecule has 0 aliphatic carbocycles. The first kappa shape index (κ1) is 13.1. The monoisotopic (exact) mass is 228 g/mol. The minimum Gasteiger partial charge on any atom is -0.395 e. The van der Waals surface area contributed by atoms with Gasteiger partial charge in [-0.15, -0.1) is 0 Å². The van der Waals surface area contributed by atoms with Crippen molar-refractivity contribution < 1.29 is 19.3 Å². The molecule has 2 N–H and O–H groups in total. The summed E-state index contributed by atoms with van der Waals surface area (Å²) in [7, 11) is 1.56. The van der Waals surface area contributed by atoms with E-state index in [-0.39, 0.29) is 19.0 Å². The summed E-state index contributed by atoms with van der Waals surface area (Å²) in [5.74, 6) is -0.333. The zero-order valence-electron chi connectivity index (χ0n) is 9.32. The van der Waals surface area contributed by atoms with Crippen LogP contribution in [0.25, 0.3) is 0 Å². The third kappa shape index (κ3) is 2.78. The molecule has 0 heterocycles. The molecule has 0 aliphatic heterocycles. The summed E-state index contributed by atoms with van der Waals surface area (Å²) >= 11 is 0. The highest BCUT2D eigenvalue weighted by molar-refractivity contribution is 5.26. The van der Waals surface area contributed by atoms with Gasteiger partial charge in [-0.05, 0) is 24.1 Å². The predicted octanol–water partition coefficient (Wildman–Crippen LogP) is 1.08. The maximum Gasteiger partial charge on any atom is 0.123 e. The molecule has 16 heavy (non-hydrogen) atoms. The van der Waals surface area contributed by atoms with Crippen molar-refractivity contribution in [3.63, 3.8) is 0 Å². The van der Waals surface area contributed by atoms with Gasteiger partial charge < -0.3 is 14.9 Å². The quantitative estimate of drug-likeness (QED) is 0.766. The van der Waals surface area contributed by atoms with Crippen molar-refractivity contribution in [3.8, 4) is 0 Å². The Bertz CT molecular complexity index is 307. The molecule has 0 unspecified atom stereocenters. The average Bonchev–Trinajstić information content (AvgIpc) is 2.33. The molecule has 0 saturated heterocycles. The van der Waals surface area contributed by atoms with Crippen molar-refractivity contribution in [3.05, 3.63) is 35.6 Å². The second-order valence-electron chi connectivity index (χ2n) is 3.85. The second-order valence-corrected chi connectivity index (χ2v) is 3.85. The molecule has 0 amide bonds. The van der Waals surface area contributed by atoms with Crippen LogP contribution in [0.4, 0.5) is 4.39 Å². The molecule has 3 nitrogen and oxygen atoms in total. The van der Waals surface area contributed by atoms with E-state index in [4.69, 9.17) is 4.74 Å². The fourth-order valence-electron chi connectivity index (χ4n) is 1.64. The minimum atomic E-state index is -0.760. The molecule has 4 heteroatoms. The topological polar surface area (TPSA) is 49.7 Å². The highest BCUT2D eigenvalue weighted by Crippen LogP contribution is 2.27. The van der Waals surface area contributed by atoms with Crippen LogP contribution in [0.1, 0.15) is 12.0 Å². The number of hydrogen-bond donors (Lipinski definition) is 2. The van der Waals surface area contributed by atoms with Crippen molar-refractivity contribution >= 4 is 0 Å². The molecule has 1 aromatic carbocycles. The Morgan fingerprint density at radius 1 is 1.19 bits per heavy atom. The van der Waals surface area contributed by atoms with Gasteiger partial charge in [0.25, 0.3) is 0 Å². The van der Waals surface area contributed by atoms with E-state index in [9.17, 15) is 14.6 Å². The van der Waals surface area contributed by atoms with Gasteiger partial charge in [0.1, 0.15) is 5.82 Å². The molecule has 0 aliphatic rings. The number of ether oxygens (including phenoxy) is 1. The normalized spacial score (nSPS) is 11.8. The minimum absolute atomic E-state index is 0.196. The van der Waals surface area contributed by atoms with Gasteiger partial charge in [-0.2, -0.15) is 0 Å². The number of aliphatic hydroxyl groups excluding tert-OH is 2. The van der Waals surface area contributed by atoms with Crippen LogP contribution in [0.3, 0.4) is 0 Å². The van der Waals surface area contributed by atoms with E-state index in [0.29, 0.717) is 13.0 Å². The van der Waals surface area contributed by atoms with Gasteiger partial charge in [0.15, 0.2) is 0 Å². The number of hydrogen-bond acceptors (Lipinski definition) is 3. The lowest BCUT2D eigenvalue weighted by Crippen LogP contribution is -2.36. The number of aliphatic hydroxyl groups is 2. The number of halogens is 1. The third-order valence-electron chi connectivity index (χ3n) is 2.85. The molecule has 0 saturated carbocycles. The number of methoxy groups -OCH3 is 1. The van der Waals surface area contributed by atoms with Crippen LogP contribution in [0.5, 0.6) is 0 Å². The fourth-order valence-corrected chi connectivity index (χ4v) is 1.64. The van der Waals surface area contributed by atoms with E-state index in [1.165, 1.54) is 12.1 Å². The molecule has 0 aromatic heterocycles. The lowest BCUT2D eigenvalue weighted by molar-refractivity contribution is 0.0794. The van der Waals surface area contributed by atoms with Crippen molar-refractivity contribution in [2.75, 3.05) is 26.9 Å². The van der Waals surface area contributed by atoms with Crippen LogP contribution in [0.2, 0.25) is 0 Å². The number of benzene rings is 1. The molecule has 0 radical (unpaired) electrons. The molecular formula is C12H17FO3. The van der Waals surface area contributed by atoms with E-state index in [1.54, 1.807) is 19.2 Å². The fraction of sp³-hybridized carbons (Fsp3) is 0.500. The molecule has 1 aromatic rings. The van der Waals surface area contributed by atoms with Gasteiger partial charge in [0.05, 0.1) is 13.2 Å². The summed E-state index contributed by atoms with van der Waals surface area (Å²) in [4.78, 5) is 0. The van der Waals surface area contributed by atoms with E-state index < -0.39 is 5.41 Å². The SMILES string of the molecule is COCCC(CO)(CO)c1ccc(F)cc1. The number of rotatable bonds is 6. The maximum atomic E-state index is 12.8.